The summed E-state index contributed by atoms with van der Waals surface area (Å²) in [4.78, 5) is 18.8. The Morgan fingerprint density at radius 1 is 1.11 bits per heavy atom. The van der Waals surface area contributed by atoms with E-state index in [0.29, 0.717) is 24.5 Å². The van der Waals surface area contributed by atoms with Crippen LogP contribution in [0.4, 0.5) is 4.39 Å². The number of fused-ring (bicyclic) bond motifs is 1. The first-order valence-corrected chi connectivity index (χ1v) is 12.7. The molecular weight excluding hydrogens is 483 g/mol. The van der Waals surface area contributed by atoms with E-state index in [1.807, 2.05) is 43.3 Å². The Bertz CT molecular complexity index is 1590. The molecule has 0 bridgehead atoms. The lowest BCUT2D eigenvalue weighted by Crippen LogP contribution is -2.38. The molecule has 5 aromatic rings. The number of aromatic nitrogens is 5. The summed E-state index contributed by atoms with van der Waals surface area (Å²) >= 11 is 0. The number of rotatable bonds is 9. The molecule has 8 nitrogen and oxygen atoms in total. The first kappa shape index (κ1) is 25.5. The van der Waals surface area contributed by atoms with Gasteiger partial charge in [0.2, 0.25) is 0 Å². The molecule has 3 aromatic heterocycles. The normalized spacial score (nSPS) is 12.9. The van der Waals surface area contributed by atoms with Gasteiger partial charge in [0, 0.05) is 17.6 Å². The molecule has 1 N–H and O–H groups in total. The molecule has 3 heterocycles. The van der Waals surface area contributed by atoms with E-state index in [1.165, 1.54) is 12.1 Å². The highest BCUT2D eigenvalue weighted by molar-refractivity contribution is 5.79. The molecule has 0 radical (unpaired) electrons. The van der Waals surface area contributed by atoms with E-state index in [4.69, 9.17) is 4.42 Å². The summed E-state index contributed by atoms with van der Waals surface area (Å²) in [6.07, 6.45) is 2.40. The molecule has 0 fully saturated rings. The van der Waals surface area contributed by atoms with Gasteiger partial charge >= 0.3 is 0 Å². The van der Waals surface area contributed by atoms with Crippen LogP contribution in [0.2, 0.25) is 0 Å². The number of nitrogens with zero attached hydrogens (tertiary/aromatic N) is 5. The van der Waals surface area contributed by atoms with Crippen LogP contribution in [0.25, 0.3) is 10.9 Å². The van der Waals surface area contributed by atoms with Crippen molar-refractivity contribution in [2.24, 2.45) is 0 Å². The van der Waals surface area contributed by atoms with Crippen LogP contribution in [-0.2, 0) is 18.6 Å². The van der Waals surface area contributed by atoms with Crippen molar-refractivity contribution in [2.45, 2.75) is 58.8 Å². The Balaban J connectivity index is 1.73. The summed E-state index contributed by atoms with van der Waals surface area (Å²) in [5.74, 6) is 0.958. The molecule has 0 amide bonds. The maximum atomic E-state index is 13.7. The van der Waals surface area contributed by atoms with Crippen molar-refractivity contribution in [1.29, 1.82) is 0 Å². The number of nitrogens with one attached hydrogen (secondary N) is 1. The molecule has 1 unspecified atom stereocenters. The Hall–Kier alpha value is -4.11. The molecule has 0 spiro atoms. The number of hydrogen-bond donors (Lipinski definition) is 1. The standard InChI is InChI=1S/C29H31FN6O2/c1-5-29(3,4)36-27(32-33-34-36)26(24-16-21-15-19(2)8-13-25(21)31-28(24)37)35(18-23-7-6-14-38-23)17-20-9-11-22(30)12-10-20/h6-16,26H,5,17-18H2,1-4H3,(H,31,37). The number of halogens is 1. The fourth-order valence-corrected chi connectivity index (χ4v) is 4.66. The van der Waals surface area contributed by atoms with Gasteiger partial charge in [-0.1, -0.05) is 30.7 Å². The number of tetrazole rings is 1. The first-order chi connectivity index (χ1) is 18.2. The molecule has 0 saturated carbocycles. The predicted octanol–water partition coefficient (Wildman–Crippen LogP) is 5.49. The molecular formula is C29H31FN6O2. The average Bonchev–Trinajstić information content (AvgIpc) is 3.59. The Morgan fingerprint density at radius 3 is 2.61 bits per heavy atom. The fraction of sp³-hybridized carbons (Fsp3) is 0.310. The fourth-order valence-electron chi connectivity index (χ4n) is 4.66. The third-order valence-electron chi connectivity index (χ3n) is 7.10. The van der Waals surface area contributed by atoms with Crippen molar-refractivity contribution in [2.75, 3.05) is 0 Å². The van der Waals surface area contributed by atoms with Gasteiger partial charge in [0.05, 0.1) is 18.3 Å². The zero-order valence-corrected chi connectivity index (χ0v) is 22.0. The summed E-state index contributed by atoms with van der Waals surface area (Å²) in [5.41, 5.74) is 2.61. The number of hydrogen-bond acceptors (Lipinski definition) is 6. The SMILES string of the molecule is CCC(C)(C)n1nnnc1C(c1cc2cc(C)ccc2[nH]c1=O)N(Cc1ccc(F)cc1)Cc1ccco1. The topological polar surface area (TPSA) is 92.8 Å². The lowest BCUT2D eigenvalue weighted by atomic mass is 9.98. The Kier molecular flexibility index (Phi) is 6.94. The van der Waals surface area contributed by atoms with Crippen molar-refractivity contribution < 1.29 is 8.81 Å². The van der Waals surface area contributed by atoms with E-state index in [2.05, 4.69) is 46.2 Å². The highest BCUT2D eigenvalue weighted by Gasteiger charge is 2.35. The van der Waals surface area contributed by atoms with Crippen LogP contribution >= 0.6 is 0 Å². The quantitative estimate of drug-likeness (QED) is 0.280. The number of benzene rings is 2. The minimum Gasteiger partial charge on any atom is -0.468 e. The van der Waals surface area contributed by atoms with Gasteiger partial charge in [0.1, 0.15) is 17.6 Å². The van der Waals surface area contributed by atoms with Gasteiger partial charge in [0.15, 0.2) is 5.82 Å². The molecule has 1 atom stereocenters. The number of aryl methyl sites for hydroxylation is 1. The van der Waals surface area contributed by atoms with Gasteiger partial charge in [-0.25, -0.2) is 9.07 Å². The van der Waals surface area contributed by atoms with E-state index in [1.54, 1.807) is 23.1 Å². The third kappa shape index (κ3) is 5.15. The molecule has 0 saturated heterocycles. The van der Waals surface area contributed by atoms with Crippen LogP contribution in [0.1, 0.15) is 61.5 Å². The van der Waals surface area contributed by atoms with Crippen LogP contribution in [0.3, 0.4) is 0 Å². The zero-order valence-electron chi connectivity index (χ0n) is 22.0. The third-order valence-corrected chi connectivity index (χ3v) is 7.10. The van der Waals surface area contributed by atoms with Crippen molar-refractivity contribution in [3.8, 4) is 0 Å². The molecule has 0 aliphatic heterocycles. The second-order valence-corrected chi connectivity index (χ2v) is 10.3. The molecule has 38 heavy (non-hydrogen) atoms. The maximum Gasteiger partial charge on any atom is 0.253 e. The smallest absolute Gasteiger partial charge is 0.253 e. The number of aromatic amines is 1. The number of H-pyrrole nitrogens is 1. The second-order valence-electron chi connectivity index (χ2n) is 10.3. The summed E-state index contributed by atoms with van der Waals surface area (Å²) in [5, 5.41) is 13.8. The monoisotopic (exact) mass is 514 g/mol. The Morgan fingerprint density at radius 2 is 1.89 bits per heavy atom. The minimum absolute atomic E-state index is 0.223. The summed E-state index contributed by atoms with van der Waals surface area (Å²) in [6, 6.07) is 17.3. The first-order valence-electron chi connectivity index (χ1n) is 12.7. The van der Waals surface area contributed by atoms with Gasteiger partial charge in [-0.3, -0.25) is 9.69 Å². The van der Waals surface area contributed by atoms with E-state index < -0.39 is 11.6 Å². The van der Waals surface area contributed by atoms with Gasteiger partial charge < -0.3 is 9.40 Å². The van der Waals surface area contributed by atoms with E-state index >= 15 is 0 Å². The largest absolute Gasteiger partial charge is 0.468 e. The van der Waals surface area contributed by atoms with Crippen LogP contribution < -0.4 is 5.56 Å². The summed E-state index contributed by atoms with van der Waals surface area (Å²) in [6.45, 7) is 8.99. The van der Waals surface area contributed by atoms with Crippen molar-refractivity contribution in [1.82, 2.24) is 30.1 Å². The summed E-state index contributed by atoms with van der Waals surface area (Å²) in [7, 11) is 0. The molecule has 5 rings (SSSR count). The second kappa shape index (κ2) is 10.3. The highest BCUT2D eigenvalue weighted by atomic mass is 19.1. The van der Waals surface area contributed by atoms with Gasteiger partial charge in [0.25, 0.3) is 5.56 Å². The molecule has 2 aromatic carbocycles. The van der Waals surface area contributed by atoms with Crippen LogP contribution in [0.5, 0.6) is 0 Å². The average molecular weight is 515 g/mol. The van der Waals surface area contributed by atoms with E-state index in [-0.39, 0.29) is 11.4 Å². The van der Waals surface area contributed by atoms with Crippen molar-refractivity contribution in [3.05, 3.63) is 111 Å². The minimum atomic E-state index is -0.625. The van der Waals surface area contributed by atoms with Crippen LogP contribution in [0.15, 0.2) is 76.1 Å². The van der Waals surface area contributed by atoms with Gasteiger partial charge in [-0.2, -0.15) is 0 Å². The van der Waals surface area contributed by atoms with E-state index in [0.717, 1.165) is 34.2 Å². The Labute approximate surface area is 220 Å². The lowest BCUT2D eigenvalue weighted by molar-refractivity contribution is 0.168. The number of pyridine rings is 1. The van der Waals surface area contributed by atoms with Gasteiger partial charge in [-0.05, 0) is 91.0 Å². The van der Waals surface area contributed by atoms with Crippen LogP contribution in [-0.4, -0.2) is 30.1 Å². The van der Waals surface area contributed by atoms with Crippen LogP contribution in [0, 0.1) is 12.7 Å². The molecule has 0 aliphatic rings. The van der Waals surface area contributed by atoms with Crippen molar-refractivity contribution >= 4 is 10.9 Å². The lowest BCUT2D eigenvalue weighted by Gasteiger charge is -2.33. The molecule has 9 heteroatoms. The maximum absolute atomic E-state index is 13.7. The summed E-state index contributed by atoms with van der Waals surface area (Å²) < 4.78 is 21.2. The zero-order chi connectivity index (χ0) is 26.9. The number of furan rings is 1. The predicted molar refractivity (Wildman–Crippen MR) is 143 cm³/mol. The molecule has 196 valence electrons. The molecule has 0 aliphatic carbocycles. The van der Waals surface area contributed by atoms with Gasteiger partial charge in [-0.15, -0.1) is 5.10 Å². The van der Waals surface area contributed by atoms with E-state index in [9.17, 15) is 9.18 Å². The van der Waals surface area contributed by atoms with Crippen molar-refractivity contribution in [3.63, 3.8) is 0 Å². The highest BCUT2D eigenvalue weighted by Crippen LogP contribution is 2.33.